The zero-order valence-electron chi connectivity index (χ0n) is 16.6. The molecular weight excluding hydrogens is 452 g/mol. The van der Waals surface area contributed by atoms with Crippen LogP contribution in [0.5, 0.6) is 0 Å². The molecule has 3 saturated heterocycles. The second kappa shape index (κ2) is 8.91. The highest BCUT2D eigenvalue weighted by Gasteiger charge is 2.43. The van der Waals surface area contributed by atoms with Crippen LogP contribution in [0.25, 0.3) is 0 Å². The molecule has 0 aromatic heterocycles. The summed E-state index contributed by atoms with van der Waals surface area (Å²) in [6.45, 7) is -1.03. The molecule has 14 nitrogen and oxygen atoms in total. The molecule has 176 valence electrons. The van der Waals surface area contributed by atoms with Gasteiger partial charge in [-0.3, -0.25) is 0 Å². The summed E-state index contributed by atoms with van der Waals surface area (Å²) in [5, 5.41) is 19.2. The first-order chi connectivity index (χ1) is 15.7. The van der Waals surface area contributed by atoms with Crippen LogP contribution in [0.4, 0.5) is 9.59 Å². The average Bonchev–Trinajstić information content (AvgIpc) is 3.14. The van der Waals surface area contributed by atoms with Gasteiger partial charge in [0.15, 0.2) is 18.5 Å². The quantitative estimate of drug-likeness (QED) is 0.297. The van der Waals surface area contributed by atoms with Crippen LogP contribution >= 0.6 is 0 Å². The Kier molecular flexibility index (Phi) is 6.02. The summed E-state index contributed by atoms with van der Waals surface area (Å²) in [5.41, 5.74) is -1.31. The molecule has 2 N–H and O–H groups in total. The Balaban J connectivity index is 1.55. The lowest BCUT2D eigenvalue weighted by molar-refractivity contribution is 0.0288. The molecule has 0 radical (unpaired) electrons. The van der Waals surface area contributed by atoms with Gasteiger partial charge < -0.3 is 43.4 Å². The topological polar surface area (TPSA) is 194 Å². The van der Waals surface area contributed by atoms with Gasteiger partial charge in [0, 0.05) is 5.56 Å². The molecule has 33 heavy (non-hydrogen) atoms. The molecule has 0 amide bonds. The smallest absolute Gasteiger partial charge is 0.478 e. The number of carbonyl (C=O) groups is 5. The number of benzene rings is 1. The number of epoxide rings is 1. The number of carboxylic acid groups (broad SMARTS) is 1. The number of hydrogen-bond acceptors (Lipinski definition) is 13. The molecule has 3 aliphatic rings. The summed E-state index contributed by atoms with van der Waals surface area (Å²) in [4.78, 5) is 58.8. The van der Waals surface area contributed by atoms with Gasteiger partial charge in [0.05, 0.1) is 16.7 Å². The molecule has 0 aliphatic carbocycles. The minimum Gasteiger partial charge on any atom is -0.478 e. The molecule has 4 rings (SSSR count). The molecule has 4 atom stereocenters. The van der Waals surface area contributed by atoms with Crippen LogP contribution in [-0.2, 0) is 33.2 Å². The molecule has 3 fully saturated rings. The Morgan fingerprint density at radius 1 is 0.879 bits per heavy atom. The number of ether oxygens (including phenoxy) is 7. The normalized spacial score (nSPS) is 25.4. The van der Waals surface area contributed by atoms with E-state index in [1.165, 1.54) is 0 Å². The Morgan fingerprint density at radius 2 is 1.39 bits per heavy atom. The third-order valence-corrected chi connectivity index (χ3v) is 4.74. The summed E-state index contributed by atoms with van der Waals surface area (Å²) in [6, 6.07) is 1.93. The fraction of sp³-hybridized carbons (Fsp3) is 0.421. The van der Waals surface area contributed by atoms with E-state index < -0.39 is 72.6 Å². The first kappa shape index (κ1) is 22.3. The predicted octanol–water partition coefficient (Wildman–Crippen LogP) is 0.159. The van der Waals surface area contributed by atoms with Gasteiger partial charge in [-0.1, -0.05) is 0 Å². The van der Waals surface area contributed by atoms with Crippen molar-refractivity contribution in [2.75, 3.05) is 26.4 Å². The molecule has 4 unspecified atom stereocenters. The summed E-state index contributed by atoms with van der Waals surface area (Å²) >= 11 is 0. The molecule has 3 heterocycles. The van der Waals surface area contributed by atoms with E-state index in [-0.39, 0.29) is 30.9 Å². The maximum Gasteiger partial charge on any atom is 0.508 e. The van der Waals surface area contributed by atoms with Crippen molar-refractivity contribution in [2.45, 2.75) is 24.6 Å². The lowest BCUT2D eigenvalue weighted by Crippen LogP contribution is -2.24. The zero-order chi connectivity index (χ0) is 23.7. The van der Waals surface area contributed by atoms with Gasteiger partial charge in [-0.15, -0.1) is 0 Å². The molecular formula is C19H16O14. The number of hydrogen-bond donors (Lipinski definition) is 2. The van der Waals surface area contributed by atoms with E-state index >= 15 is 0 Å². The molecule has 3 aliphatic heterocycles. The molecule has 0 bridgehead atoms. The lowest BCUT2D eigenvalue weighted by Gasteiger charge is -2.14. The van der Waals surface area contributed by atoms with Crippen molar-refractivity contribution in [1.82, 2.24) is 0 Å². The van der Waals surface area contributed by atoms with E-state index in [0.29, 0.717) is 0 Å². The molecule has 1 aromatic carbocycles. The maximum atomic E-state index is 12.6. The number of aliphatic hydroxyl groups excluding tert-OH is 1. The highest BCUT2D eigenvalue weighted by Crippen LogP contribution is 2.40. The largest absolute Gasteiger partial charge is 0.508 e. The Labute approximate surface area is 183 Å². The summed E-state index contributed by atoms with van der Waals surface area (Å²) in [5.74, 6) is -3.64. The van der Waals surface area contributed by atoms with Gasteiger partial charge in [0.2, 0.25) is 0 Å². The van der Waals surface area contributed by atoms with Crippen molar-refractivity contribution in [1.29, 1.82) is 0 Å². The maximum absolute atomic E-state index is 12.6. The van der Waals surface area contributed by atoms with E-state index in [1.807, 2.05) is 0 Å². The van der Waals surface area contributed by atoms with Gasteiger partial charge in [0.1, 0.15) is 32.5 Å². The van der Waals surface area contributed by atoms with Crippen LogP contribution in [0, 0.1) is 0 Å². The number of carbonyl (C=O) groups excluding carboxylic acids is 4. The fourth-order valence-corrected chi connectivity index (χ4v) is 3.09. The fourth-order valence-electron chi connectivity index (χ4n) is 3.09. The molecule has 0 saturated carbocycles. The van der Waals surface area contributed by atoms with Crippen molar-refractivity contribution in [2.24, 2.45) is 0 Å². The van der Waals surface area contributed by atoms with Crippen LogP contribution in [0.3, 0.4) is 0 Å². The van der Waals surface area contributed by atoms with Gasteiger partial charge in [-0.25, -0.2) is 24.0 Å². The number of esters is 2. The van der Waals surface area contributed by atoms with Crippen molar-refractivity contribution in [3.05, 3.63) is 34.4 Å². The van der Waals surface area contributed by atoms with E-state index in [1.54, 1.807) is 0 Å². The third kappa shape index (κ3) is 4.96. The van der Waals surface area contributed by atoms with E-state index in [9.17, 15) is 34.2 Å². The summed E-state index contributed by atoms with van der Waals surface area (Å²) in [7, 11) is 0. The van der Waals surface area contributed by atoms with Gasteiger partial charge >= 0.3 is 30.2 Å². The van der Waals surface area contributed by atoms with Gasteiger partial charge in [-0.05, 0) is 12.1 Å². The van der Waals surface area contributed by atoms with Crippen LogP contribution in [0.1, 0.15) is 42.7 Å². The average molecular weight is 468 g/mol. The second-order valence-corrected chi connectivity index (χ2v) is 7.04. The van der Waals surface area contributed by atoms with E-state index in [4.69, 9.17) is 23.7 Å². The van der Waals surface area contributed by atoms with E-state index in [0.717, 1.165) is 12.1 Å². The standard InChI is InChI=1S/C19H16O14/c20-14(21)10-2-11(15(22)27-3-7-5-29-18(25)31-7)9(13-17(24)33-13)1-12(10)16(23)28-4-8-6-30-19(26)32-8/h1-2,7-8,13,17,24H,3-6H2,(H,20,21). The number of aliphatic hydroxyl groups is 1. The van der Waals surface area contributed by atoms with Crippen LogP contribution in [0.2, 0.25) is 0 Å². The number of rotatable bonds is 8. The van der Waals surface area contributed by atoms with Crippen LogP contribution in [-0.4, -0.2) is 85.4 Å². The SMILES string of the molecule is O=C1OCC(COC(=O)c2cc(C3OC3O)c(C(=O)OCC3COC(=O)O3)cc2C(=O)O)O1. The lowest BCUT2D eigenvalue weighted by atomic mass is 9.96. The Morgan fingerprint density at radius 3 is 1.82 bits per heavy atom. The predicted molar refractivity (Wildman–Crippen MR) is 96.2 cm³/mol. The van der Waals surface area contributed by atoms with E-state index in [2.05, 4.69) is 9.47 Å². The van der Waals surface area contributed by atoms with Crippen LogP contribution in [0.15, 0.2) is 12.1 Å². The highest BCUT2D eigenvalue weighted by atomic mass is 16.8. The Hall–Kier alpha value is -3.91. The number of cyclic esters (lactones) is 4. The van der Waals surface area contributed by atoms with Crippen LogP contribution < -0.4 is 0 Å². The van der Waals surface area contributed by atoms with Crippen molar-refractivity contribution in [3.63, 3.8) is 0 Å². The second-order valence-electron chi connectivity index (χ2n) is 7.04. The monoisotopic (exact) mass is 468 g/mol. The van der Waals surface area contributed by atoms with Gasteiger partial charge in [0.25, 0.3) is 0 Å². The first-order valence-electron chi connectivity index (χ1n) is 9.48. The zero-order valence-corrected chi connectivity index (χ0v) is 16.6. The Bertz CT molecular complexity index is 1020. The molecule has 1 aromatic rings. The highest BCUT2D eigenvalue weighted by molar-refractivity contribution is 6.05. The number of aromatic carboxylic acids is 1. The summed E-state index contributed by atoms with van der Waals surface area (Å²) < 4.78 is 33.7. The third-order valence-electron chi connectivity index (χ3n) is 4.74. The summed E-state index contributed by atoms with van der Waals surface area (Å²) in [6.07, 6.45) is -5.83. The van der Waals surface area contributed by atoms with Crippen molar-refractivity contribution >= 4 is 30.2 Å². The minimum atomic E-state index is -1.55. The van der Waals surface area contributed by atoms with Crippen molar-refractivity contribution < 1.29 is 67.3 Å². The minimum absolute atomic E-state index is 0.0141. The van der Waals surface area contributed by atoms with Crippen molar-refractivity contribution in [3.8, 4) is 0 Å². The number of carboxylic acids is 1. The van der Waals surface area contributed by atoms with Gasteiger partial charge in [-0.2, -0.15) is 0 Å². The molecule has 0 spiro atoms. The first-order valence-corrected chi connectivity index (χ1v) is 9.48. The molecule has 14 heteroatoms.